The molecule has 0 amide bonds. The molecule has 0 spiro atoms. The second-order valence-electron chi connectivity index (χ2n) is 4.94. The Morgan fingerprint density at radius 3 is 2.20 bits per heavy atom. The van der Waals surface area contributed by atoms with Crippen LogP contribution in [0.1, 0.15) is 41.6 Å². The third-order valence-electron chi connectivity index (χ3n) is 3.50. The van der Waals surface area contributed by atoms with Crippen LogP contribution in [0.15, 0.2) is 18.2 Å². The van der Waals surface area contributed by atoms with Crippen LogP contribution in [0, 0.1) is 0 Å². The third kappa shape index (κ3) is 3.23. The topological polar surface area (TPSA) is 40.5 Å². The van der Waals surface area contributed by atoms with Crippen LogP contribution in [0.4, 0.5) is 18.9 Å². The highest BCUT2D eigenvalue weighted by Gasteiger charge is 2.32. The van der Waals surface area contributed by atoms with E-state index in [1.54, 1.807) is 4.90 Å². The summed E-state index contributed by atoms with van der Waals surface area (Å²) >= 11 is 0. The molecule has 1 fully saturated rings. The fourth-order valence-corrected chi connectivity index (χ4v) is 2.46. The monoisotopic (exact) mass is 287 g/mol. The minimum absolute atomic E-state index is 0.0695. The molecule has 6 heteroatoms. The van der Waals surface area contributed by atoms with Gasteiger partial charge in [0.05, 0.1) is 16.8 Å². The molecule has 0 unspecified atom stereocenters. The Morgan fingerprint density at radius 2 is 1.70 bits per heavy atom. The van der Waals surface area contributed by atoms with Crippen LogP contribution >= 0.6 is 0 Å². The lowest BCUT2D eigenvalue weighted by atomic mass is 10.1. The molecule has 110 valence electrons. The molecule has 1 saturated heterocycles. The van der Waals surface area contributed by atoms with Crippen molar-refractivity contribution in [3.8, 4) is 0 Å². The lowest BCUT2D eigenvalue weighted by molar-refractivity contribution is -0.137. The van der Waals surface area contributed by atoms with E-state index in [0.717, 1.165) is 43.9 Å². The van der Waals surface area contributed by atoms with Gasteiger partial charge < -0.3 is 10.0 Å². The van der Waals surface area contributed by atoms with Crippen molar-refractivity contribution in [2.75, 3.05) is 18.0 Å². The number of aromatic carboxylic acids is 1. The zero-order valence-electron chi connectivity index (χ0n) is 10.9. The minimum atomic E-state index is -4.46. The van der Waals surface area contributed by atoms with E-state index in [1.165, 1.54) is 0 Å². The number of alkyl halides is 3. The molecule has 2 rings (SSSR count). The van der Waals surface area contributed by atoms with E-state index in [9.17, 15) is 18.0 Å². The summed E-state index contributed by atoms with van der Waals surface area (Å²) < 4.78 is 38.3. The summed E-state index contributed by atoms with van der Waals surface area (Å²) in [6.07, 6.45) is -0.669. The zero-order valence-corrected chi connectivity index (χ0v) is 10.9. The van der Waals surface area contributed by atoms with Gasteiger partial charge in [0.25, 0.3) is 0 Å². The van der Waals surface area contributed by atoms with E-state index in [-0.39, 0.29) is 11.3 Å². The molecule has 20 heavy (non-hydrogen) atoms. The zero-order chi connectivity index (χ0) is 14.8. The molecule has 1 aromatic carbocycles. The highest BCUT2D eigenvalue weighted by molar-refractivity contribution is 5.94. The van der Waals surface area contributed by atoms with E-state index in [4.69, 9.17) is 5.11 Å². The van der Waals surface area contributed by atoms with Gasteiger partial charge in [-0.15, -0.1) is 0 Å². The Kier molecular flexibility index (Phi) is 4.20. The van der Waals surface area contributed by atoms with Crippen LogP contribution < -0.4 is 4.90 Å². The average Bonchev–Trinajstić information content (AvgIpc) is 2.65. The van der Waals surface area contributed by atoms with Crippen molar-refractivity contribution in [3.63, 3.8) is 0 Å². The van der Waals surface area contributed by atoms with E-state index in [1.807, 2.05) is 0 Å². The van der Waals surface area contributed by atoms with E-state index in [2.05, 4.69) is 0 Å². The minimum Gasteiger partial charge on any atom is -0.478 e. The summed E-state index contributed by atoms with van der Waals surface area (Å²) in [4.78, 5) is 13.0. The summed E-state index contributed by atoms with van der Waals surface area (Å²) in [6.45, 7) is 1.20. The summed E-state index contributed by atoms with van der Waals surface area (Å²) in [7, 11) is 0. The number of halogens is 3. The second-order valence-corrected chi connectivity index (χ2v) is 4.94. The number of rotatable bonds is 2. The molecule has 0 aliphatic carbocycles. The smallest absolute Gasteiger partial charge is 0.416 e. The van der Waals surface area contributed by atoms with Crippen molar-refractivity contribution in [3.05, 3.63) is 29.3 Å². The third-order valence-corrected chi connectivity index (χ3v) is 3.50. The van der Waals surface area contributed by atoms with Crippen molar-refractivity contribution in [1.29, 1.82) is 0 Å². The standard InChI is InChI=1S/C14H16F3NO2/c15-14(16,17)10-5-6-11(13(19)20)12(9-10)18-7-3-1-2-4-8-18/h5-6,9H,1-4,7-8H2,(H,19,20). The quantitative estimate of drug-likeness (QED) is 0.899. The van der Waals surface area contributed by atoms with Crippen molar-refractivity contribution >= 4 is 11.7 Å². The van der Waals surface area contributed by atoms with E-state index in [0.29, 0.717) is 13.1 Å². The Balaban J connectivity index is 2.43. The van der Waals surface area contributed by atoms with Crippen molar-refractivity contribution < 1.29 is 23.1 Å². The highest BCUT2D eigenvalue weighted by Crippen LogP contribution is 2.34. The van der Waals surface area contributed by atoms with Crippen LogP contribution in [0.2, 0.25) is 0 Å². The molecular formula is C14H16F3NO2. The summed E-state index contributed by atoms with van der Waals surface area (Å²) in [5, 5.41) is 9.15. The largest absolute Gasteiger partial charge is 0.478 e. The molecule has 1 aromatic rings. The summed E-state index contributed by atoms with van der Waals surface area (Å²) in [6, 6.07) is 2.82. The molecule has 3 nitrogen and oxygen atoms in total. The highest BCUT2D eigenvalue weighted by atomic mass is 19.4. The van der Waals surface area contributed by atoms with Crippen LogP contribution in [0.5, 0.6) is 0 Å². The maximum Gasteiger partial charge on any atom is 0.416 e. The number of hydrogen-bond acceptors (Lipinski definition) is 2. The fourth-order valence-electron chi connectivity index (χ4n) is 2.46. The predicted octanol–water partition coefficient (Wildman–Crippen LogP) is 3.78. The van der Waals surface area contributed by atoms with Crippen molar-refractivity contribution in [2.45, 2.75) is 31.9 Å². The first-order valence-electron chi connectivity index (χ1n) is 6.59. The molecule has 0 radical (unpaired) electrons. The number of carboxylic acids is 1. The molecule has 1 N–H and O–H groups in total. The van der Waals surface area contributed by atoms with Crippen molar-refractivity contribution in [2.24, 2.45) is 0 Å². The Morgan fingerprint density at radius 1 is 1.10 bits per heavy atom. The van der Waals surface area contributed by atoms with Gasteiger partial charge in [-0.25, -0.2) is 4.79 Å². The van der Waals surface area contributed by atoms with E-state index >= 15 is 0 Å². The van der Waals surface area contributed by atoms with Gasteiger partial charge in [-0.05, 0) is 31.0 Å². The van der Waals surface area contributed by atoms with Gasteiger partial charge in [-0.3, -0.25) is 0 Å². The average molecular weight is 287 g/mol. The molecule has 0 atom stereocenters. The lowest BCUT2D eigenvalue weighted by Crippen LogP contribution is -2.26. The van der Waals surface area contributed by atoms with Gasteiger partial charge in [-0.2, -0.15) is 13.2 Å². The van der Waals surface area contributed by atoms with Gasteiger partial charge >= 0.3 is 12.1 Å². The second kappa shape index (κ2) is 5.73. The maximum absolute atomic E-state index is 12.8. The number of benzene rings is 1. The number of hydrogen-bond donors (Lipinski definition) is 1. The molecule has 0 aromatic heterocycles. The number of carboxylic acid groups (broad SMARTS) is 1. The summed E-state index contributed by atoms with van der Waals surface area (Å²) in [5.74, 6) is -1.20. The Labute approximate surface area is 115 Å². The molecule has 1 aliphatic rings. The van der Waals surface area contributed by atoms with Crippen molar-refractivity contribution in [1.82, 2.24) is 0 Å². The maximum atomic E-state index is 12.8. The van der Waals surface area contributed by atoms with Gasteiger partial charge in [0, 0.05) is 13.1 Å². The van der Waals surface area contributed by atoms with Crippen LogP contribution in [0.3, 0.4) is 0 Å². The number of nitrogens with zero attached hydrogens (tertiary/aromatic N) is 1. The first-order chi connectivity index (χ1) is 9.39. The molecule has 1 heterocycles. The Hall–Kier alpha value is -1.72. The normalized spacial score (nSPS) is 16.9. The van der Waals surface area contributed by atoms with Gasteiger partial charge in [0.2, 0.25) is 0 Å². The number of anilines is 1. The first kappa shape index (κ1) is 14.7. The van der Waals surface area contributed by atoms with Crippen LogP contribution in [-0.4, -0.2) is 24.2 Å². The van der Waals surface area contributed by atoms with Gasteiger partial charge in [-0.1, -0.05) is 12.8 Å². The molecular weight excluding hydrogens is 271 g/mol. The lowest BCUT2D eigenvalue weighted by Gasteiger charge is -2.25. The number of carbonyl (C=O) groups is 1. The van der Waals surface area contributed by atoms with E-state index < -0.39 is 17.7 Å². The predicted molar refractivity (Wildman–Crippen MR) is 69.1 cm³/mol. The van der Waals surface area contributed by atoms with Gasteiger partial charge in [0.15, 0.2) is 0 Å². The Bertz CT molecular complexity index is 492. The molecule has 0 bridgehead atoms. The molecule has 1 aliphatic heterocycles. The van der Waals surface area contributed by atoms with Crippen LogP contribution in [0.25, 0.3) is 0 Å². The van der Waals surface area contributed by atoms with Gasteiger partial charge in [0.1, 0.15) is 0 Å². The summed E-state index contributed by atoms with van der Waals surface area (Å²) in [5.41, 5.74) is -0.698. The first-order valence-corrected chi connectivity index (χ1v) is 6.59. The fraction of sp³-hybridized carbons (Fsp3) is 0.500. The SMILES string of the molecule is O=C(O)c1ccc(C(F)(F)F)cc1N1CCCCCC1. The molecule has 0 saturated carbocycles. The van der Waals surface area contributed by atoms with Crippen LogP contribution in [-0.2, 0) is 6.18 Å².